The van der Waals surface area contributed by atoms with E-state index in [4.69, 9.17) is 4.74 Å². The summed E-state index contributed by atoms with van der Waals surface area (Å²) in [4.78, 5) is 27.2. The van der Waals surface area contributed by atoms with Gasteiger partial charge in [0, 0.05) is 36.2 Å². The van der Waals surface area contributed by atoms with Crippen LogP contribution in [0.2, 0.25) is 0 Å². The molecule has 0 bridgehead atoms. The minimum absolute atomic E-state index is 0.0372. The second kappa shape index (κ2) is 9.16. The third-order valence-electron chi connectivity index (χ3n) is 3.75. The number of nitrogens with zero attached hydrogens (tertiary/aromatic N) is 3. The van der Waals surface area contributed by atoms with Gasteiger partial charge in [0.2, 0.25) is 0 Å². The molecule has 3 aromatic rings. The van der Waals surface area contributed by atoms with E-state index in [0.717, 1.165) is 28.7 Å². The number of rotatable bonds is 7. The van der Waals surface area contributed by atoms with Crippen LogP contribution in [-0.2, 0) is 16.1 Å². The summed E-state index contributed by atoms with van der Waals surface area (Å²) in [5.41, 5.74) is 0.153. The van der Waals surface area contributed by atoms with Crippen LogP contribution >= 0.6 is 22.7 Å². The molecule has 29 heavy (non-hydrogen) atoms. The van der Waals surface area contributed by atoms with Crippen LogP contribution in [-0.4, -0.2) is 28.6 Å². The summed E-state index contributed by atoms with van der Waals surface area (Å²) in [6.07, 6.45) is 2.59. The lowest BCUT2D eigenvalue weighted by Gasteiger charge is -2.06. The van der Waals surface area contributed by atoms with Gasteiger partial charge in [0.15, 0.2) is 10.6 Å². The average Bonchev–Trinajstić information content (AvgIpc) is 3.25. The van der Waals surface area contributed by atoms with Crippen LogP contribution in [0.1, 0.15) is 11.8 Å². The zero-order valence-corrected chi connectivity index (χ0v) is 16.8. The zero-order valence-electron chi connectivity index (χ0n) is 15.1. The molecule has 0 aliphatic rings. The molecule has 0 aliphatic carbocycles. The number of halogens is 2. The van der Waals surface area contributed by atoms with Crippen LogP contribution in [0.5, 0.6) is 0 Å². The van der Waals surface area contributed by atoms with Crippen LogP contribution in [0.25, 0.3) is 16.3 Å². The molecule has 11 heteroatoms. The Morgan fingerprint density at radius 2 is 2.14 bits per heavy atom. The molecule has 0 spiro atoms. The summed E-state index contributed by atoms with van der Waals surface area (Å²) < 4.78 is 35.0. The molecular formula is C18H15F2N3O4S2. The van der Waals surface area contributed by atoms with Gasteiger partial charge < -0.3 is 9.30 Å². The fraction of sp³-hybridized carbons (Fsp3) is 0.222. The Hall–Kier alpha value is -2.76. The van der Waals surface area contributed by atoms with E-state index >= 15 is 0 Å². The van der Waals surface area contributed by atoms with Crippen LogP contribution in [0.4, 0.5) is 13.8 Å². The van der Waals surface area contributed by atoms with Gasteiger partial charge in [-0.1, -0.05) is 22.7 Å². The highest BCUT2D eigenvalue weighted by Crippen LogP contribution is 2.25. The summed E-state index contributed by atoms with van der Waals surface area (Å²) in [5, 5.41) is 10.7. The molecule has 0 aliphatic heterocycles. The largest absolute Gasteiger partial charge is 0.380 e. The lowest BCUT2D eigenvalue weighted by molar-refractivity contribution is -0.380. The molecule has 0 N–H and O–H groups in total. The van der Waals surface area contributed by atoms with Gasteiger partial charge in [-0.15, -0.1) is 0 Å². The second-order valence-electron chi connectivity index (χ2n) is 5.68. The molecule has 0 fully saturated rings. The Morgan fingerprint density at radius 1 is 1.34 bits per heavy atom. The number of benzene rings is 1. The van der Waals surface area contributed by atoms with Crippen LogP contribution in [0.15, 0.2) is 35.3 Å². The van der Waals surface area contributed by atoms with Crippen LogP contribution in [0, 0.1) is 21.7 Å². The highest BCUT2D eigenvalue weighted by atomic mass is 32.1. The summed E-state index contributed by atoms with van der Waals surface area (Å²) in [7, 11) is 0. The van der Waals surface area contributed by atoms with Gasteiger partial charge in [-0.3, -0.25) is 14.9 Å². The SMILES string of the molecule is CCOCCn1c(=NC(=O)/C=C/c2ccc([N+](=O)[O-])s2)sc2cc(F)cc(F)c21. The predicted molar refractivity (Wildman–Crippen MR) is 107 cm³/mol. The van der Waals surface area contributed by atoms with E-state index in [0.29, 0.717) is 16.2 Å². The number of nitro groups is 1. The van der Waals surface area contributed by atoms with E-state index in [9.17, 15) is 23.7 Å². The Balaban J connectivity index is 1.95. The third kappa shape index (κ3) is 5.00. The van der Waals surface area contributed by atoms with Gasteiger partial charge in [0.1, 0.15) is 5.82 Å². The van der Waals surface area contributed by atoms with Crippen molar-refractivity contribution in [1.29, 1.82) is 0 Å². The van der Waals surface area contributed by atoms with E-state index in [2.05, 4.69) is 4.99 Å². The smallest absolute Gasteiger partial charge is 0.324 e. The molecule has 0 saturated heterocycles. The number of fused-ring (bicyclic) bond motifs is 1. The normalized spacial score (nSPS) is 12.3. The number of amides is 1. The molecule has 2 aromatic heterocycles. The zero-order chi connectivity index (χ0) is 21.0. The number of aromatic nitrogens is 1. The van der Waals surface area contributed by atoms with E-state index in [1.54, 1.807) is 0 Å². The number of ether oxygens (including phenoxy) is 1. The van der Waals surface area contributed by atoms with Crippen molar-refractivity contribution in [2.45, 2.75) is 13.5 Å². The summed E-state index contributed by atoms with van der Waals surface area (Å²) in [6, 6.07) is 4.83. The van der Waals surface area contributed by atoms with Crippen molar-refractivity contribution in [3.05, 3.63) is 61.8 Å². The molecule has 0 radical (unpaired) electrons. The monoisotopic (exact) mass is 439 g/mol. The molecule has 0 unspecified atom stereocenters. The van der Waals surface area contributed by atoms with Gasteiger partial charge in [-0.2, -0.15) is 4.99 Å². The van der Waals surface area contributed by atoms with Gasteiger partial charge in [-0.25, -0.2) is 8.78 Å². The van der Waals surface area contributed by atoms with Crippen molar-refractivity contribution in [2.24, 2.45) is 4.99 Å². The van der Waals surface area contributed by atoms with Gasteiger partial charge in [0.25, 0.3) is 5.91 Å². The van der Waals surface area contributed by atoms with E-state index in [1.165, 1.54) is 34.9 Å². The van der Waals surface area contributed by atoms with Gasteiger partial charge in [0.05, 0.1) is 21.7 Å². The Morgan fingerprint density at radius 3 is 2.83 bits per heavy atom. The predicted octanol–water partition coefficient (Wildman–Crippen LogP) is 4.13. The second-order valence-corrected chi connectivity index (χ2v) is 7.79. The molecule has 2 heterocycles. The van der Waals surface area contributed by atoms with Crippen molar-refractivity contribution in [1.82, 2.24) is 4.57 Å². The van der Waals surface area contributed by atoms with E-state index in [1.807, 2.05) is 6.92 Å². The lowest BCUT2D eigenvalue weighted by atomic mass is 10.3. The van der Waals surface area contributed by atoms with Crippen molar-refractivity contribution < 1.29 is 23.2 Å². The molecule has 3 rings (SSSR count). The summed E-state index contributed by atoms with van der Waals surface area (Å²) in [5.74, 6) is -2.09. The summed E-state index contributed by atoms with van der Waals surface area (Å²) >= 11 is 1.91. The maximum absolute atomic E-state index is 14.3. The highest BCUT2D eigenvalue weighted by Gasteiger charge is 2.14. The molecule has 152 valence electrons. The standard InChI is InChI=1S/C18H15F2N3O4S2/c1-2-27-8-7-22-17-13(20)9-11(19)10-14(17)29-18(22)21-15(24)5-3-12-4-6-16(28-12)23(25)26/h3-6,9-10H,2,7-8H2,1H3/b5-3+,21-18?. The van der Waals surface area contributed by atoms with Gasteiger partial charge >= 0.3 is 5.00 Å². The van der Waals surface area contributed by atoms with E-state index < -0.39 is 22.5 Å². The number of hydrogen-bond donors (Lipinski definition) is 0. The summed E-state index contributed by atoms with van der Waals surface area (Å²) in [6.45, 7) is 2.81. The Labute approximate surface area is 171 Å². The fourth-order valence-corrected chi connectivity index (χ4v) is 4.36. The number of carbonyl (C=O) groups is 1. The first-order valence-corrected chi connectivity index (χ1v) is 10.1. The molecule has 7 nitrogen and oxygen atoms in total. The molecule has 1 aromatic carbocycles. The number of thiophene rings is 1. The molecular weight excluding hydrogens is 424 g/mol. The first-order chi connectivity index (χ1) is 13.9. The first kappa shape index (κ1) is 21.0. The minimum atomic E-state index is -0.747. The maximum Gasteiger partial charge on any atom is 0.324 e. The maximum atomic E-state index is 14.3. The van der Waals surface area contributed by atoms with Crippen molar-refractivity contribution >= 4 is 49.9 Å². The van der Waals surface area contributed by atoms with Crippen LogP contribution < -0.4 is 4.80 Å². The molecule has 1 amide bonds. The quantitative estimate of drug-likeness (QED) is 0.240. The Kier molecular flexibility index (Phi) is 6.62. The van der Waals surface area contributed by atoms with Gasteiger partial charge in [-0.05, 0) is 25.1 Å². The number of hydrogen-bond acceptors (Lipinski definition) is 6. The van der Waals surface area contributed by atoms with Crippen molar-refractivity contribution in [3.63, 3.8) is 0 Å². The fourth-order valence-electron chi connectivity index (χ4n) is 2.54. The van der Waals surface area contributed by atoms with Crippen molar-refractivity contribution in [2.75, 3.05) is 13.2 Å². The average molecular weight is 439 g/mol. The third-order valence-corrected chi connectivity index (χ3v) is 5.77. The molecule has 0 atom stereocenters. The van der Waals surface area contributed by atoms with Crippen molar-refractivity contribution in [3.8, 4) is 0 Å². The number of carbonyl (C=O) groups excluding carboxylic acids is 1. The topological polar surface area (TPSA) is 86.7 Å². The minimum Gasteiger partial charge on any atom is -0.380 e. The molecule has 0 saturated carbocycles. The number of thiazole rings is 1. The van der Waals surface area contributed by atoms with Crippen LogP contribution in [0.3, 0.4) is 0 Å². The lowest BCUT2D eigenvalue weighted by Crippen LogP contribution is -2.19. The van der Waals surface area contributed by atoms with E-state index in [-0.39, 0.29) is 28.5 Å². The Bertz CT molecular complexity index is 1160. The first-order valence-electron chi connectivity index (χ1n) is 8.46. The highest BCUT2D eigenvalue weighted by molar-refractivity contribution is 7.16.